The van der Waals surface area contributed by atoms with E-state index < -0.39 is 11.7 Å². The highest BCUT2D eigenvalue weighted by atomic mass is 19.4. The smallest absolute Gasteiger partial charge is 0.416 e. The highest BCUT2D eigenvalue weighted by Crippen LogP contribution is 2.42. The van der Waals surface area contributed by atoms with E-state index in [4.69, 9.17) is 14.0 Å². The van der Waals surface area contributed by atoms with Gasteiger partial charge in [0.25, 0.3) is 0 Å². The van der Waals surface area contributed by atoms with Crippen LogP contribution in [0.2, 0.25) is 0 Å². The number of rotatable bonds is 8. The van der Waals surface area contributed by atoms with Crippen molar-refractivity contribution in [3.63, 3.8) is 0 Å². The molecule has 1 aromatic heterocycles. The number of carbonyl (C=O) groups excluding carboxylic acids is 1. The number of fused-ring (bicyclic) bond motifs is 1. The van der Waals surface area contributed by atoms with Crippen LogP contribution < -0.4 is 4.74 Å². The lowest BCUT2D eigenvalue weighted by Gasteiger charge is -2.21. The van der Waals surface area contributed by atoms with Crippen LogP contribution in [0.5, 0.6) is 5.75 Å². The molecule has 0 saturated carbocycles. The molecule has 0 N–H and O–H groups in total. The SMILES string of the molecule is COC(=O)C[C@@H](c1ccc(O[C@@H]2CCc3c2ccc(C(F)(F)F)c3CN(C)C)cc1)c1ccon1. The fourth-order valence-corrected chi connectivity index (χ4v) is 4.61. The van der Waals surface area contributed by atoms with Crippen LogP contribution in [0, 0.1) is 0 Å². The van der Waals surface area contributed by atoms with E-state index in [1.807, 2.05) is 12.1 Å². The third kappa shape index (κ3) is 5.51. The number of hydrogen-bond acceptors (Lipinski definition) is 6. The first-order chi connectivity index (χ1) is 16.7. The lowest BCUT2D eigenvalue weighted by atomic mass is 9.92. The maximum atomic E-state index is 13.6. The van der Waals surface area contributed by atoms with Gasteiger partial charge in [0.05, 0.1) is 24.8 Å². The molecule has 3 aromatic rings. The second-order valence-corrected chi connectivity index (χ2v) is 8.87. The van der Waals surface area contributed by atoms with Crippen molar-refractivity contribution < 1.29 is 32.0 Å². The third-order valence-corrected chi connectivity index (χ3v) is 6.22. The van der Waals surface area contributed by atoms with Crippen molar-refractivity contribution in [1.29, 1.82) is 0 Å². The highest BCUT2D eigenvalue weighted by Gasteiger charge is 2.37. The molecule has 0 spiro atoms. The minimum Gasteiger partial charge on any atom is -0.486 e. The molecule has 2 aromatic carbocycles. The van der Waals surface area contributed by atoms with E-state index in [0.29, 0.717) is 29.8 Å². The van der Waals surface area contributed by atoms with E-state index in [0.717, 1.165) is 22.8 Å². The van der Waals surface area contributed by atoms with Gasteiger partial charge in [0, 0.05) is 18.5 Å². The van der Waals surface area contributed by atoms with Crippen molar-refractivity contribution in [1.82, 2.24) is 10.1 Å². The Kier molecular flexibility index (Phi) is 7.16. The van der Waals surface area contributed by atoms with Crippen LogP contribution in [-0.2, 0) is 28.7 Å². The molecule has 1 heterocycles. The van der Waals surface area contributed by atoms with Gasteiger partial charge in [0.1, 0.15) is 18.1 Å². The number of hydrogen-bond donors (Lipinski definition) is 0. The average molecular weight is 489 g/mol. The maximum Gasteiger partial charge on any atom is 0.416 e. The lowest BCUT2D eigenvalue weighted by Crippen LogP contribution is -2.18. The second kappa shape index (κ2) is 10.1. The molecule has 35 heavy (non-hydrogen) atoms. The van der Waals surface area contributed by atoms with Crippen LogP contribution in [0.4, 0.5) is 13.2 Å². The molecule has 6 nitrogen and oxygen atoms in total. The molecule has 0 aliphatic heterocycles. The van der Waals surface area contributed by atoms with E-state index in [-0.39, 0.29) is 31.0 Å². The van der Waals surface area contributed by atoms with Crippen LogP contribution in [0.25, 0.3) is 0 Å². The summed E-state index contributed by atoms with van der Waals surface area (Å²) < 4.78 is 56.8. The van der Waals surface area contributed by atoms with Gasteiger partial charge in [0.15, 0.2) is 0 Å². The van der Waals surface area contributed by atoms with Crippen LogP contribution in [0.15, 0.2) is 53.3 Å². The summed E-state index contributed by atoms with van der Waals surface area (Å²) in [5.41, 5.74) is 2.71. The summed E-state index contributed by atoms with van der Waals surface area (Å²) in [6.45, 7) is 0.211. The Balaban J connectivity index is 1.56. The molecule has 1 aliphatic rings. The van der Waals surface area contributed by atoms with Crippen molar-refractivity contribution in [2.45, 2.75) is 44.0 Å². The molecule has 0 unspecified atom stereocenters. The van der Waals surface area contributed by atoms with Gasteiger partial charge in [0.2, 0.25) is 0 Å². The first-order valence-corrected chi connectivity index (χ1v) is 11.3. The number of halogens is 3. The molecule has 1 aliphatic carbocycles. The number of benzene rings is 2. The van der Waals surface area contributed by atoms with Gasteiger partial charge in [-0.2, -0.15) is 13.2 Å². The standard InChI is InChI=1S/C26H27F3N2O4/c1-31(2)15-21-18-9-11-24(19(18)8-10-22(21)26(27,28)29)35-17-6-4-16(5-7-17)20(14-25(32)33-3)23-12-13-34-30-23/h4-8,10,12-13,20,24H,9,11,14-15H2,1-3H3/t20-,24+/m0/s1. The van der Waals surface area contributed by atoms with E-state index in [2.05, 4.69) is 5.16 Å². The Morgan fingerprint density at radius 3 is 2.51 bits per heavy atom. The Bertz CT molecular complexity index is 1160. The molecule has 4 rings (SSSR count). The van der Waals surface area contributed by atoms with Crippen molar-refractivity contribution in [3.8, 4) is 5.75 Å². The molecule has 0 saturated heterocycles. The number of methoxy groups -OCH3 is 1. The normalized spacial score (nSPS) is 16.3. The molecule has 9 heteroatoms. The number of alkyl halides is 3. The van der Waals surface area contributed by atoms with E-state index >= 15 is 0 Å². The molecule has 0 bridgehead atoms. The number of nitrogens with zero attached hydrogens (tertiary/aromatic N) is 2. The zero-order chi connectivity index (χ0) is 25.2. The minimum atomic E-state index is -4.40. The summed E-state index contributed by atoms with van der Waals surface area (Å²) in [5.74, 6) is -0.109. The largest absolute Gasteiger partial charge is 0.486 e. The molecular formula is C26H27F3N2O4. The summed E-state index contributed by atoms with van der Waals surface area (Å²) >= 11 is 0. The summed E-state index contributed by atoms with van der Waals surface area (Å²) in [6.07, 6.45) is -2.06. The quantitative estimate of drug-likeness (QED) is 0.389. The zero-order valence-electron chi connectivity index (χ0n) is 19.8. The lowest BCUT2D eigenvalue weighted by molar-refractivity contribution is -0.141. The fraction of sp³-hybridized carbons (Fsp3) is 0.385. The maximum absolute atomic E-state index is 13.6. The Morgan fingerprint density at radius 1 is 1.17 bits per heavy atom. The Hall–Kier alpha value is -3.33. The van der Waals surface area contributed by atoms with Gasteiger partial charge in [-0.15, -0.1) is 0 Å². The summed E-state index contributed by atoms with van der Waals surface area (Å²) in [6, 6.07) is 11.7. The van der Waals surface area contributed by atoms with Gasteiger partial charge >= 0.3 is 12.1 Å². The van der Waals surface area contributed by atoms with Gasteiger partial charge < -0.3 is 18.9 Å². The van der Waals surface area contributed by atoms with Gasteiger partial charge in [-0.1, -0.05) is 23.4 Å². The molecule has 2 atom stereocenters. The Morgan fingerprint density at radius 2 is 1.91 bits per heavy atom. The molecule has 186 valence electrons. The Labute approximate surface area is 201 Å². The number of esters is 1. The first-order valence-electron chi connectivity index (χ1n) is 11.3. The van der Waals surface area contributed by atoms with Crippen LogP contribution >= 0.6 is 0 Å². The summed E-state index contributed by atoms with van der Waals surface area (Å²) in [4.78, 5) is 13.7. The third-order valence-electron chi connectivity index (χ3n) is 6.22. The van der Waals surface area contributed by atoms with E-state index in [1.54, 1.807) is 43.3 Å². The molecule has 0 fully saturated rings. The van der Waals surface area contributed by atoms with E-state index in [1.165, 1.54) is 13.4 Å². The highest BCUT2D eigenvalue weighted by molar-refractivity contribution is 5.71. The predicted octanol–water partition coefficient (Wildman–Crippen LogP) is 5.52. The van der Waals surface area contributed by atoms with Crippen molar-refractivity contribution in [2.75, 3.05) is 21.2 Å². The minimum absolute atomic E-state index is 0.107. The molecule has 0 radical (unpaired) electrons. The van der Waals surface area contributed by atoms with Gasteiger partial charge in [-0.3, -0.25) is 4.79 Å². The fourth-order valence-electron chi connectivity index (χ4n) is 4.61. The zero-order valence-corrected chi connectivity index (χ0v) is 19.8. The topological polar surface area (TPSA) is 64.8 Å². The summed E-state index contributed by atoms with van der Waals surface area (Å²) in [7, 11) is 4.85. The monoisotopic (exact) mass is 488 g/mol. The predicted molar refractivity (Wildman–Crippen MR) is 122 cm³/mol. The number of aromatic nitrogens is 1. The van der Waals surface area contributed by atoms with Gasteiger partial charge in [-0.05, 0) is 67.4 Å². The van der Waals surface area contributed by atoms with Crippen LogP contribution in [-0.4, -0.2) is 37.2 Å². The first kappa shape index (κ1) is 24.8. The molecule has 0 amide bonds. The summed E-state index contributed by atoms with van der Waals surface area (Å²) in [5, 5.41) is 3.97. The average Bonchev–Trinajstić information content (AvgIpc) is 3.48. The van der Waals surface area contributed by atoms with Crippen LogP contribution in [0.1, 0.15) is 58.4 Å². The van der Waals surface area contributed by atoms with Crippen molar-refractivity contribution in [3.05, 3.63) is 82.2 Å². The van der Waals surface area contributed by atoms with Crippen LogP contribution in [0.3, 0.4) is 0 Å². The number of ether oxygens (including phenoxy) is 2. The second-order valence-electron chi connectivity index (χ2n) is 8.87. The van der Waals surface area contributed by atoms with E-state index in [9.17, 15) is 18.0 Å². The van der Waals surface area contributed by atoms with Crippen molar-refractivity contribution >= 4 is 5.97 Å². The molecular weight excluding hydrogens is 461 g/mol. The van der Waals surface area contributed by atoms with Gasteiger partial charge in [-0.25, -0.2) is 0 Å². The van der Waals surface area contributed by atoms with Crippen molar-refractivity contribution in [2.24, 2.45) is 0 Å². The number of carbonyl (C=O) groups is 1.